The van der Waals surface area contributed by atoms with Crippen LogP contribution >= 0.6 is 0 Å². The molecule has 3 rings (SSSR count). The molecule has 0 bridgehead atoms. The molecule has 3 aromatic rings. The van der Waals surface area contributed by atoms with Crippen molar-refractivity contribution in [3.8, 4) is 5.75 Å². The number of phenols is 1. The zero-order chi connectivity index (χ0) is 12.9. The average molecular weight is 239 g/mol. The summed E-state index contributed by atoms with van der Waals surface area (Å²) < 4.78 is 1.58. The quantitative estimate of drug-likeness (QED) is 0.613. The number of aromatic hydroxyl groups is 1. The SMILES string of the molecule is Cc1ccc2c(c1)c(=O)n(C)c1cc(O)ccc21. The summed E-state index contributed by atoms with van der Waals surface area (Å²) in [5, 5.41) is 12.2. The van der Waals surface area contributed by atoms with Crippen LogP contribution in [0.2, 0.25) is 0 Å². The summed E-state index contributed by atoms with van der Waals surface area (Å²) >= 11 is 0. The molecule has 0 spiro atoms. The first-order valence-corrected chi connectivity index (χ1v) is 5.80. The third kappa shape index (κ3) is 1.40. The fourth-order valence-electron chi connectivity index (χ4n) is 2.39. The highest BCUT2D eigenvalue weighted by Crippen LogP contribution is 2.25. The van der Waals surface area contributed by atoms with Gasteiger partial charge in [0.25, 0.3) is 5.56 Å². The molecule has 3 nitrogen and oxygen atoms in total. The molecule has 1 N–H and O–H groups in total. The molecule has 0 atom stereocenters. The van der Waals surface area contributed by atoms with Crippen LogP contribution in [0.5, 0.6) is 5.75 Å². The number of hydrogen-bond acceptors (Lipinski definition) is 2. The van der Waals surface area contributed by atoms with Crippen molar-refractivity contribution >= 4 is 21.7 Å². The van der Waals surface area contributed by atoms with E-state index in [0.29, 0.717) is 0 Å². The summed E-state index contributed by atoms with van der Waals surface area (Å²) in [6, 6.07) is 11.0. The molecule has 0 aliphatic carbocycles. The number of pyridine rings is 1. The van der Waals surface area contributed by atoms with Crippen molar-refractivity contribution in [3.63, 3.8) is 0 Å². The Bertz CT molecular complexity index is 831. The lowest BCUT2D eigenvalue weighted by Gasteiger charge is -2.09. The van der Waals surface area contributed by atoms with Crippen LogP contribution in [0.25, 0.3) is 21.7 Å². The van der Waals surface area contributed by atoms with E-state index in [1.807, 2.05) is 31.2 Å². The van der Waals surface area contributed by atoms with Gasteiger partial charge < -0.3 is 9.67 Å². The highest BCUT2D eigenvalue weighted by atomic mass is 16.3. The molecule has 0 saturated heterocycles. The third-order valence-electron chi connectivity index (χ3n) is 3.34. The van der Waals surface area contributed by atoms with Gasteiger partial charge in [0.2, 0.25) is 0 Å². The van der Waals surface area contributed by atoms with Gasteiger partial charge in [-0.05, 0) is 30.5 Å². The van der Waals surface area contributed by atoms with E-state index in [-0.39, 0.29) is 11.3 Å². The molecule has 0 fully saturated rings. The zero-order valence-electron chi connectivity index (χ0n) is 10.3. The van der Waals surface area contributed by atoms with Gasteiger partial charge in [-0.2, -0.15) is 0 Å². The van der Waals surface area contributed by atoms with Crippen molar-refractivity contribution in [1.82, 2.24) is 4.57 Å². The van der Waals surface area contributed by atoms with Crippen molar-refractivity contribution in [2.45, 2.75) is 6.92 Å². The van der Waals surface area contributed by atoms with Gasteiger partial charge in [-0.1, -0.05) is 17.7 Å². The molecule has 1 heterocycles. The molecule has 0 aliphatic heterocycles. The number of aromatic nitrogens is 1. The van der Waals surface area contributed by atoms with Gasteiger partial charge in [0.15, 0.2) is 0 Å². The molecule has 2 aromatic carbocycles. The Kier molecular flexibility index (Phi) is 2.17. The topological polar surface area (TPSA) is 42.2 Å². The zero-order valence-corrected chi connectivity index (χ0v) is 10.3. The molecule has 0 saturated carbocycles. The summed E-state index contributed by atoms with van der Waals surface area (Å²) in [5.41, 5.74) is 1.78. The second kappa shape index (κ2) is 3.60. The normalized spacial score (nSPS) is 11.2. The molecule has 0 amide bonds. The van der Waals surface area contributed by atoms with Gasteiger partial charge in [-0.15, -0.1) is 0 Å². The molecule has 0 radical (unpaired) electrons. The largest absolute Gasteiger partial charge is 0.508 e. The van der Waals surface area contributed by atoms with Crippen LogP contribution in [0.1, 0.15) is 5.56 Å². The lowest BCUT2D eigenvalue weighted by atomic mass is 10.0. The van der Waals surface area contributed by atoms with Crippen LogP contribution in [-0.2, 0) is 7.05 Å². The minimum atomic E-state index is -0.0354. The predicted molar refractivity (Wildman–Crippen MR) is 73.1 cm³/mol. The maximum absolute atomic E-state index is 12.3. The average Bonchev–Trinajstić information content (AvgIpc) is 2.36. The van der Waals surface area contributed by atoms with E-state index >= 15 is 0 Å². The fourth-order valence-corrected chi connectivity index (χ4v) is 2.39. The van der Waals surface area contributed by atoms with Crippen molar-refractivity contribution in [2.24, 2.45) is 7.05 Å². The Morgan fingerprint density at radius 1 is 1.00 bits per heavy atom. The summed E-state index contributed by atoms with van der Waals surface area (Å²) in [5.74, 6) is 0.170. The second-order valence-corrected chi connectivity index (χ2v) is 4.61. The van der Waals surface area contributed by atoms with Crippen molar-refractivity contribution < 1.29 is 5.11 Å². The van der Waals surface area contributed by atoms with E-state index in [2.05, 4.69) is 0 Å². The molecule has 3 heteroatoms. The number of nitrogens with zero attached hydrogens (tertiary/aromatic N) is 1. The molecule has 0 aliphatic rings. The maximum Gasteiger partial charge on any atom is 0.258 e. The maximum atomic E-state index is 12.3. The van der Waals surface area contributed by atoms with Crippen molar-refractivity contribution in [2.75, 3.05) is 0 Å². The standard InChI is InChI=1S/C15H13NO2/c1-9-3-5-11-12-6-4-10(17)8-14(12)16(2)15(18)13(11)7-9/h3-8,17H,1-2H3. The molecule has 90 valence electrons. The van der Waals surface area contributed by atoms with E-state index < -0.39 is 0 Å². The highest BCUT2D eigenvalue weighted by molar-refractivity contribution is 6.06. The summed E-state index contributed by atoms with van der Waals surface area (Å²) in [6.07, 6.45) is 0. The lowest BCUT2D eigenvalue weighted by molar-refractivity contribution is 0.476. The van der Waals surface area contributed by atoms with E-state index in [0.717, 1.165) is 27.2 Å². The predicted octanol–water partition coefficient (Wildman–Crippen LogP) is 2.71. The Balaban J connectivity index is 2.66. The highest BCUT2D eigenvalue weighted by Gasteiger charge is 2.08. The number of rotatable bonds is 0. The number of hydrogen-bond donors (Lipinski definition) is 1. The minimum absolute atomic E-state index is 0.0354. The van der Waals surface area contributed by atoms with Gasteiger partial charge in [-0.3, -0.25) is 4.79 Å². The minimum Gasteiger partial charge on any atom is -0.508 e. The van der Waals surface area contributed by atoms with Crippen molar-refractivity contribution in [1.29, 1.82) is 0 Å². The second-order valence-electron chi connectivity index (χ2n) is 4.61. The molecule has 0 unspecified atom stereocenters. The van der Waals surface area contributed by atoms with Crippen LogP contribution in [0.4, 0.5) is 0 Å². The van der Waals surface area contributed by atoms with E-state index in [1.54, 1.807) is 23.7 Å². The summed E-state index contributed by atoms with van der Waals surface area (Å²) in [4.78, 5) is 12.3. The van der Waals surface area contributed by atoms with Gasteiger partial charge in [0, 0.05) is 23.9 Å². The van der Waals surface area contributed by atoms with Crippen molar-refractivity contribution in [3.05, 3.63) is 52.3 Å². The number of fused-ring (bicyclic) bond motifs is 3. The van der Waals surface area contributed by atoms with Gasteiger partial charge in [-0.25, -0.2) is 0 Å². The number of phenolic OH excluding ortho intramolecular Hbond substituents is 1. The lowest BCUT2D eigenvalue weighted by Crippen LogP contribution is -2.17. The number of benzene rings is 2. The van der Waals surface area contributed by atoms with Gasteiger partial charge in [0.05, 0.1) is 5.52 Å². The Labute approximate surface area is 104 Å². The molecule has 18 heavy (non-hydrogen) atoms. The number of aryl methyl sites for hydroxylation is 2. The van der Waals surface area contributed by atoms with Gasteiger partial charge >= 0.3 is 0 Å². The van der Waals surface area contributed by atoms with Crippen LogP contribution < -0.4 is 5.56 Å². The molecular formula is C15H13NO2. The van der Waals surface area contributed by atoms with E-state index in [4.69, 9.17) is 0 Å². The Hall–Kier alpha value is -2.29. The molecule has 1 aromatic heterocycles. The monoisotopic (exact) mass is 239 g/mol. The van der Waals surface area contributed by atoms with E-state index in [9.17, 15) is 9.90 Å². The van der Waals surface area contributed by atoms with Crippen LogP contribution in [0, 0.1) is 6.92 Å². The Morgan fingerprint density at radius 3 is 2.50 bits per heavy atom. The molecular weight excluding hydrogens is 226 g/mol. The van der Waals surface area contributed by atoms with E-state index in [1.165, 1.54) is 0 Å². The Morgan fingerprint density at radius 2 is 1.72 bits per heavy atom. The fraction of sp³-hybridized carbons (Fsp3) is 0.133. The first-order chi connectivity index (χ1) is 8.58. The first-order valence-electron chi connectivity index (χ1n) is 5.80. The smallest absolute Gasteiger partial charge is 0.258 e. The first kappa shape index (κ1) is 10.8. The summed E-state index contributed by atoms with van der Waals surface area (Å²) in [7, 11) is 1.73. The van der Waals surface area contributed by atoms with Crippen LogP contribution in [-0.4, -0.2) is 9.67 Å². The third-order valence-corrected chi connectivity index (χ3v) is 3.34. The van der Waals surface area contributed by atoms with Crippen LogP contribution in [0.3, 0.4) is 0 Å². The van der Waals surface area contributed by atoms with Gasteiger partial charge in [0.1, 0.15) is 5.75 Å². The summed E-state index contributed by atoms with van der Waals surface area (Å²) in [6.45, 7) is 1.97. The van der Waals surface area contributed by atoms with Crippen LogP contribution in [0.15, 0.2) is 41.2 Å².